The van der Waals surface area contributed by atoms with E-state index in [9.17, 15) is 37.1 Å². The van der Waals surface area contributed by atoms with Gasteiger partial charge in [0.05, 0.1) is 12.5 Å². The normalized spacial score (nSPS) is 12.3. The Labute approximate surface area is 256 Å². The number of esters is 2. The molecule has 0 fully saturated rings. The number of carbonyl (C=O) groups excluding carboxylic acids is 5. The molecule has 5 N–H and O–H groups in total. The van der Waals surface area contributed by atoms with Crippen LogP contribution in [-0.4, -0.2) is 53.4 Å². The highest BCUT2D eigenvalue weighted by Gasteiger charge is 2.42. The van der Waals surface area contributed by atoms with E-state index in [-0.39, 0.29) is 19.3 Å². The van der Waals surface area contributed by atoms with E-state index in [1.165, 1.54) is 0 Å². The Kier molecular flexibility index (Phi) is 12.6. The lowest BCUT2D eigenvalue weighted by Crippen LogP contribution is -2.48. The van der Waals surface area contributed by atoms with Crippen molar-refractivity contribution in [1.82, 2.24) is 15.6 Å². The number of nitrogens with two attached hydrogens (primary N) is 1. The van der Waals surface area contributed by atoms with E-state index >= 15 is 0 Å². The summed E-state index contributed by atoms with van der Waals surface area (Å²) in [6.07, 6.45) is -4.70. The van der Waals surface area contributed by atoms with Crippen molar-refractivity contribution in [2.45, 2.75) is 50.4 Å². The molecule has 0 bridgehead atoms. The highest BCUT2D eigenvalue weighted by atomic mass is 19.4. The summed E-state index contributed by atoms with van der Waals surface area (Å²) in [5.41, 5.74) is 7.20. The summed E-state index contributed by atoms with van der Waals surface area (Å²) < 4.78 is 42.0. The molecule has 0 radical (unpaired) electrons. The van der Waals surface area contributed by atoms with E-state index in [4.69, 9.17) is 5.73 Å². The minimum absolute atomic E-state index is 0.0104. The average Bonchev–Trinajstić information content (AvgIpc) is 3.01. The van der Waals surface area contributed by atoms with Crippen LogP contribution >= 0.6 is 0 Å². The molecule has 2 aromatic carbocycles. The third-order valence-electron chi connectivity index (χ3n) is 6.43. The smallest absolute Gasteiger partial charge is 0.386 e. The zero-order chi connectivity index (χ0) is 32.8. The zero-order valence-electron chi connectivity index (χ0n) is 24.0. The molecule has 1 unspecified atom stereocenters. The van der Waals surface area contributed by atoms with Crippen LogP contribution in [0.4, 0.5) is 19.0 Å². The maximum absolute atomic E-state index is 13.3. The number of benzene rings is 2. The van der Waals surface area contributed by atoms with Gasteiger partial charge >= 0.3 is 18.1 Å². The molecule has 238 valence electrons. The molecule has 0 aliphatic rings. The molecule has 0 saturated carbocycles. The summed E-state index contributed by atoms with van der Waals surface area (Å²) in [7, 11) is 0. The number of anilines is 1. The first-order chi connectivity index (χ1) is 21.4. The first-order valence-electron chi connectivity index (χ1n) is 13.9. The van der Waals surface area contributed by atoms with Crippen molar-refractivity contribution in [3.8, 4) is 11.1 Å². The van der Waals surface area contributed by atoms with Crippen molar-refractivity contribution in [1.29, 1.82) is 0 Å². The Hall–Kier alpha value is -5.27. The SMILES string of the molecule is NC(=O)CC[C@@H](NC(=O)CCCNc1ccccn1)C(=O)NC(CC(=O)OC(=O)C(F)(F)F)c1ccc(-c2ccccc2)cc1. The predicted molar refractivity (Wildman–Crippen MR) is 157 cm³/mol. The van der Waals surface area contributed by atoms with Gasteiger partial charge in [-0.3, -0.25) is 19.2 Å². The number of ether oxygens (including phenoxy) is 1. The minimum atomic E-state index is -5.40. The molecule has 3 amide bonds. The van der Waals surface area contributed by atoms with Crippen molar-refractivity contribution in [2.75, 3.05) is 11.9 Å². The molecular formula is C31H32F3N5O6. The predicted octanol–water partition coefficient (Wildman–Crippen LogP) is 3.57. The summed E-state index contributed by atoms with van der Waals surface area (Å²) in [5, 5.41) is 8.12. The zero-order valence-corrected chi connectivity index (χ0v) is 24.0. The number of primary amides is 1. The van der Waals surface area contributed by atoms with E-state index in [0.29, 0.717) is 24.3 Å². The van der Waals surface area contributed by atoms with Gasteiger partial charge in [0.25, 0.3) is 0 Å². The number of nitrogens with one attached hydrogen (secondary N) is 3. The fourth-order valence-electron chi connectivity index (χ4n) is 4.19. The summed E-state index contributed by atoms with van der Waals surface area (Å²) in [5.74, 6) is -5.68. The monoisotopic (exact) mass is 627 g/mol. The van der Waals surface area contributed by atoms with Gasteiger partial charge in [-0.2, -0.15) is 13.2 Å². The number of amides is 3. The van der Waals surface area contributed by atoms with Gasteiger partial charge in [0.15, 0.2) is 0 Å². The maximum Gasteiger partial charge on any atom is 0.491 e. The van der Waals surface area contributed by atoms with Crippen LogP contribution in [0.3, 0.4) is 0 Å². The van der Waals surface area contributed by atoms with Crippen LogP contribution in [0.5, 0.6) is 0 Å². The van der Waals surface area contributed by atoms with Crippen molar-refractivity contribution < 1.29 is 41.9 Å². The lowest BCUT2D eigenvalue weighted by Gasteiger charge is -2.23. The van der Waals surface area contributed by atoms with Crippen LogP contribution in [-0.2, 0) is 28.7 Å². The summed E-state index contributed by atoms with van der Waals surface area (Å²) >= 11 is 0. The summed E-state index contributed by atoms with van der Waals surface area (Å²) in [6.45, 7) is 0.405. The van der Waals surface area contributed by atoms with Gasteiger partial charge in [-0.1, -0.05) is 60.7 Å². The Morgan fingerprint density at radius 3 is 2.13 bits per heavy atom. The van der Waals surface area contributed by atoms with E-state index in [1.54, 1.807) is 48.7 Å². The largest absolute Gasteiger partial charge is 0.491 e. The molecule has 0 aliphatic heterocycles. The van der Waals surface area contributed by atoms with Crippen LogP contribution in [0.1, 0.15) is 43.7 Å². The van der Waals surface area contributed by atoms with Crippen LogP contribution < -0.4 is 21.7 Å². The fourth-order valence-corrected chi connectivity index (χ4v) is 4.19. The topological polar surface area (TPSA) is 170 Å². The number of hydrogen-bond acceptors (Lipinski definition) is 8. The molecule has 45 heavy (non-hydrogen) atoms. The standard InChI is InChI=1S/C31H32F3N5O6/c32-31(33,34)30(44)45-28(42)19-24(22-13-11-21(12-14-22)20-7-2-1-3-8-20)39-29(43)23(15-16-25(35)40)38-27(41)10-6-18-37-26-9-4-5-17-36-26/h1-5,7-9,11-14,17,23-24H,6,10,15-16,18-19H2,(H2,35,40)(H,36,37)(H,38,41)(H,39,43)/t23-,24?/m1/s1. The molecule has 1 aromatic heterocycles. The fraction of sp³-hybridized carbons (Fsp3) is 0.290. The molecule has 3 rings (SSSR count). The number of hydrogen-bond donors (Lipinski definition) is 4. The second-order valence-electron chi connectivity index (χ2n) is 9.88. The molecule has 1 heterocycles. The van der Waals surface area contributed by atoms with Gasteiger partial charge in [0, 0.05) is 25.6 Å². The van der Waals surface area contributed by atoms with Crippen molar-refractivity contribution in [3.05, 3.63) is 84.6 Å². The second-order valence-corrected chi connectivity index (χ2v) is 9.88. The van der Waals surface area contributed by atoms with Gasteiger partial charge in [-0.25, -0.2) is 9.78 Å². The Morgan fingerprint density at radius 2 is 1.51 bits per heavy atom. The van der Waals surface area contributed by atoms with Gasteiger partial charge in [0.1, 0.15) is 11.9 Å². The highest BCUT2D eigenvalue weighted by molar-refractivity contribution is 5.90. The van der Waals surface area contributed by atoms with Crippen molar-refractivity contribution in [2.24, 2.45) is 5.73 Å². The van der Waals surface area contributed by atoms with Gasteiger partial charge in [-0.15, -0.1) is 0 Å². The quantitative estimate of drug-likeness (QED) is 0.113. The number of pyridine rings is 1. The van der Waals surface area contributed by atoms with Gasteiger partial charge in [0.2, 0.25) is 17.7 Å². The first-order valence-corrected chi connectivity index (χ1v) is 13.9. The van der Waals surface area contributed by atoms with Gasteiger partial charge in [-0.05, 0) is 41.7 Å². The second kappa shape index (κ2) is 16.5. The van der Waals surface area contributed by atoms with Crippen LogP contribution in [0.25, 0.3) is 11.1 Å². The maximum atomic E-state index is 13.3. The van der Waals surface area contributed by atoms with E-state index < -0.39 is 54.3 Å². The first kappa shape index (κ1) is 34.2. The summed E-state index contributed by atoms with van der Waals surface area (Å²) in [4.78, 5) is 65.1. The third kappa shape index (κ3) is 11.7. The lowest BCUT2D eigenvalue weighted by molar-refractivity contribution is -0.202. The highest BCUT2D eigenvalue weighted by Crippen LogP contribution is 2.25. The Bertz CT molecular complexity index is 1450. The molecule has 14 heteroatoms. The van der Waals surface area contributed by atoms with Crippen molar-refractivity contribution >= 4 is 35.5 Å². The Balaban J connectivity index is 1.73. The van der Waals surface area contributed by atoms with E-state index in [0.717, 1.165) is 11.1 Å². The average molecular weight is 628 g/mol. The molecule has 2 atom stereocenters. The molecule has 0 saturated heterocycles. The lowest BCUT2D eigenvalue weighted by atomic mass is 9.98. The number of halogens is 3. The number of rotatable bonds is 15. The van der Waals surface area contributed by atoms with Crippen LogP contribution in [0.15, 0.2) is 79.0 Å². The van der Waals surface area contributed by atoms with Gasteiger partial charge < -0.3 is 26.4 Å². The molecule has 3 aromatic rings. The molecule has 11 nitrogen and oxygen atoms in total. The molecule has 0 spiro atoms. The van der Waals surface area contributed by atoms with Crippen molar-refractivity contribution in [3.63, 3.8) is 0 Å². The number of nitrogens with zero attached hydrogens (tertiary/aromatic N) is 1. The van der Waals surface area contributed by atoms with Crippen LogP contribution in [0.2, 0.25) is 0 Å². The Morgan fingerprint density at radius 1 is 0.844 bits per heavy atom. The van der Waals surface area contributed by atoms with E-state index in [2.05, 4.69) is 25.7 Å². The third-order valence-corrected chi connectivity index (χ3v) is 6.43. The number of alkyl halides is 3. The number of carbonyl (C=O) groups is 5. The minimum Gasteiger partial charge on any atom is -0.386 e. The molecular weight excluding hydrogens is 595 g/mol. The van der Waals surface area contributed by atoms with Crippen LogP contribution in [0, 0.1) is 0 Å². The van der Waals surface area contributed by atoms with E-state index in [1.807, 2.05) is 30.3 Å². The number of aromatic nitrogens is 1. The molecule has 0 aliphatic carbocycles. The summed E-state index contributed by atoms with van der Waals surface area (Å²) in [6, 6.07) is 18.5.